The highest BCUT2D eigenvalue weighted by atomic mass is 19.4. The van der Waals surface area contributed by atoms with Gasteiger partial charge in [0.15, 0.2) is 0 Å². The molecule has 0 fully saturated rings. The van der Waals surface area contributed by atoms with E-state index in [4.69, 9.17) is 20.3 Å². The van der Waals surface area contributed by atoms with Crippen molar-refractivity contribution in [2.24, 2.45) is 11.7 Å². The molecule has 6 nitrogen and oxygen atoms in total. The second-order valence-electron chi connectivity index (χ2n) is 6.51. The summed E-state index contributed by atoms with van der Waals surface area (Å²) < 4.78 is 50.3. The summed E-state index contributed by atoms with van der Waals surface area (Å²) in [5, 5.41) is 11.7. The number of rotatable bonds is 13. The third-order valence-corrected chi connectivity index (χ3v) is 4.09. The van der Waals surface area contributed by atoms with Crippen molar-refractivity contribution in [3.8, 4) is 0 Å². The molecule has 0 bridgehead atoms. The molecule has 1 amide bonds. The Labute approximate surface area is 163 Å². The third kappa shape index (κ3) is 9.01. The molecule has 1 aromatic rings. The van der Waals surface area contributed by atoms with Crippen molar-refractivity contribution in [2.75, 3.05) is 46.1 Å². The second-order valence-corrected chi connectivity index (χ2v) is 6.51. The average Bonchev–Trinajstić information content (AvgIpc) is 2.67. The normalized spacial score (nSPS) is 13.9. The van der Waals surface area contributed by atoms with E-state index in [0.29, 0.717) is 33.0 Å². The molecular formula is C19H29F3N2O4. The van der Waals surface area contributed by atoms with E-state index in [1.54, 1.807) is 6.92 Å². The van der Waals surface area contributed by atoms with Crippen LogP contribution in [0, 0.1) is 5.92 Å². The number of carbonyl (C=O) groups is 1. The lowest BCUT2D eigenvalue weighted by Gasteiger charge is -2.23. The summed E-state index contributed by atoms with van der Waals surface area (Å²) in [6.07, 6.45) is -4.63. The topological polar surface area (TPSA) is 93.8 Å². The maximum atomic E-state index is 13.3. The summed E-state index contributed by atoms with van der Waals surface area (Å²) in [7, 11) is 0. The summed E-state index contributed by atoms with van der Waals surface area (Å²) in [5.74, 6) is -2.54. The summed E-state index contributed by atoms with van der Waals surface area (Å²) in [5.41, 5.74) is 5.62. The molecule has 0 aromatic heterocycles. The Kier molecular flexibility index (Phi) is 11.1. The van der Waals surface area contributed by atoms with Gasteiger partial charge in [0, 0.05) is 25.3 Å². The Bertz CT molecular complexity index is 567. The van der Waals surface area contributed by atoms with Gasteiger partial charge >= 0.3 is 6.18 Å². The van der Waals surface area contributed by atoms with Crippen molar-refractivity contribution in [2.45, 2.75) is 25.4 Å². The van der Waals surface area contributed by atoms with Crippen molar-refractivity contribution >= 4 is 5.91 Å². The van der Waals surface area contributed by atoms with Gasteiger partial charge in [-0.3, -0.25) is 4.79 Å². The average molecular weight is 406 g/mol. The number of hydrogen-bond donors (Lipinski definition) is 3. The number of ether oxygens (including phenoxy) is 2. The maximum Gasteiger partial charge on any atom is 0.395 e. The van der Waals surface area contributed by atoms with E-state index in [9.17, 15) is 18.0 Å². The van der Waals surface area contributed by atoms with Crippen molar-refractivity contribution in [3.05, 3.63) is 35.4 Å². The quantitative estimate of drug-likeness (QED) is 0.436. The minimum Gasteiger partial charge on any atom is -0.396 e. The molecule has 2 unspecified atom stereocenters. The maximum absolute atomic E-state index is 13.3. The van der Waals surface area contributed by atoms with Gasteiger partial charge in [0.2, 0.25) is 0 Å². The van der Waals surface area contributed by atoms with E-state index >= 15 is 0 Å². The monoisotopic (exact) mass is 406 g/mol. The molecule has 0 heterocycles. The van der Waals surface area contributed by atoms with E-state index in [1.165, 1.54) is 24.3 Å². The van der Waals surface area contributed by atoms with Crippen LogP contribution in [0.4, 0.5) is 13.2 Å². The van der Waals surface area contributed by atoms with Gasteiger partial charge in [-0.15, -0.1) is 0 Å². The number of aliphatic hydroxyl groups excluding tert-OH is 1. The number of nitrogens with two attached hydrogens (primary N) is 1. The highest BCUT2D eigenvalue weighted by molar-refractivity contribution is 5.94. The van der Waals surface area contributed by atoms with Crippen LogP contribution in [0.1, 0.15) is 35.2 Å². The van der Waals surface area contributed by atoms with Crippen molar-refractivity contribution in [1.82, 2.24) is 5.32 Å². The Morgan fingerprint density at radius 2 is 1.75 bits per heavy atom. The first-order chi connectivity index (χ1) is 13.3. The highest BCUT2D eigenvalue weighted by Gasteiger charge is 2.41. The van der Waals surface area contributed by atoms with Gasteiger partial charge in [-0.2, -0.15) is 13.2 Å². The summed E-state index contributed by atoms with van der Waals surface area (Å²) in [4.78, 5) is 12.1. The number of alkyl halides is 3. The smallest absolute Gasteiger partial charge is 0.395 e. The lowest BCUT2D eigenvalue weighted by molar-refractivity contribution is -0.154. The van der Waals surface area contributed by atoms with Crippen molar-refractivity contribution < 1.29 is 32.5 Å². The fraction of sp³-hybridized carbons (Fsp3) is 0.632. The number of hydrogen-bond acceptors (Lipinski definition) is 5. The summed E-state index contributed by atoms with van der Waals surface area (Å²) >= 11 is 0. The molecule has 0 saturated heterocycles. The molecule has 28 heavy (non-hydrogen) atoms. The van der Waals surface area contributed by atoms with Crippen LogP contribution < -0.4 is 11.1 Å². The van der Waals surface area contributed by atoms with Gasteiger partial charge in [0.25, 0.3) is 5.91 Å². The SMILES string of the molecule is CC(CO)CC(c1ccc(C(=O)NCCOCCOCCN)cc1)C(F)(F)F. The van der Waals surface area contributed by atoms with Crippen LogP contribution >= 0.6 is 0 Å². The number of nitrogens with one attached hydrogen (secondary N) is 1. The Morgan fingerprint density at radius 3 is 2.29 bits per heavy atom. The molecule has 0 saturated carbocycles. The number of carbonyl (C=O) groups excluding carboxylic acids is 1. The molecule has 0 aliphatic rings. The lowest BCUT2D eigenvalue weighted by Crippen LogP contribution is -2.28. The Balaban J connectivity index is 2.50. The minimum atomic E-state index is -4.42. The summed E-state index contributed by atoms with van der Waals surface area (Å²) in [6.45, 7) is 3.53. The molecule has 0 aliphatic heterocycles. The predicted molar refractivity (Wildman–Crippen MR) is 99.1 cm³/mol. The molecule has 160 valence electrons. The van der Waals surface area contributed by atoms with E-state index < -0.39 is 18.0 Å². The van der Waals surface area contributed by atoms with Gasteiger partial charge in [0.1, 0.15) is 0 Å². The summed E-state index contributed by atoms with van der Waals surface area (Å²) in [6, 6.07) is 5.36. The van der Waals surface area contributed by atoms with E-state index in [-0.39, 0.29) is 36.6 Å². The van der Waals surface area contributed by atoms with Crippen LogP contribution in [0.5, 0.6) is 0 Å². The molecule has 1 aromatic carbocycles. The Morgan fingerprint density at radius 1 is 1.14 bits per heavy atom. The van der Waals surface area contributed by atoms with Crippen LogP contribution in [0.2, 0.25) is 0 Å². The standard InChI is InChI=1S/C19H29F3N2O4/c1-14(13-25)12-17(19(20,21)22)15-2-4-16(5-3-15)18(26)24-7-9-28-11-10-27-8-6-23/h2-5,14,17,25H,6-13,23H2,1H3,(H,24,26). The number of benzene rings is 1. The zero-order valence-corrected chi connectivity index (χ0v) is 16.0. The van der Waals surface area contributed by atoms with Gasteiger partial charge in [-0.1, -0.05) is 19.1 Å². The minimum absolute atomic E-state index is 0.0742. The van der Waals surface area contributed by atoms with E-state index in [2.05, 4.69) is 5.32 Å². The largest absolute Gasteiger partial charge is 0.396 e. The lowest BCUT2D eigenvalue weighted by atomic mass is 9.89. The molecule has 1 rings (SSSR count). The fourth-order valence-corrected chi connectivity index (χ4v) is 2.55. The first-order valence-corrected chi connectivity index (χ1v) is 9.20. The van der Waals surface area contributed by atoms with Crippen LogP contribution in [-0.2, 0) is 9.47 Å². The number of halogens is 3. The van der Waals surface area contributed by atoms with Crippen LogP contribution in [0.15, 0.2) is 24.3 Å². The fourth-order valence-electron chi connectivity index (χ4n) is 2.55. The predicted octanol–water partition coefficient (Wildman–Crippen LogP) is 2.07. The highest BCUT2D eigenvalue weighted by Crippen LogP contribution is 2.39. The van der Waals surface area contributed by atoms with Gasteiger partial charge in [-0.05, 0) is 30.0 Å². The Hall–Kier alpha value is -1.68. The number of amides is 1. The van der Waals surface area contributed by atoms with Crippen molar-refractivity contribution in [3.63, 3.8) is 0 Å². The molecular weight excluding hydrogens is 377 g/mol. The second kappa shape index (κ2) is 12.7. The van der Waals surface area contributed by atoms with E-state index in [1.807, 2.05) is 0 Å². The zero-order chi connectivity index (χ0) is 21.0. The number of aliphatic hydroxyl groups is 1. The first-order valence-electron chi connectivity index (χ1n) is 9.20. The van der Waals surface area contributed by atoms with Gasteiger partial charge in [-0.25, -0.2) is 0 Å². The van der Waals surface area contributed by atoms with Crippen LogP contribution in [0.25, 0.3) is 0 Å². The van der Waals surface area contributed by atoms with Gasteiger partial charge < -0.3 is 25.6 Å². The van der Waals surface area contributed by atoms with Crippen molar-refractivity contribution in [1.29, 1.82) is 0 Å². The zero-order valence-electron chi connectivity index (χ0n) is 16.0. The van der Waals surface area contributed by atoms with E-state index in [0.717, 1.165) is 0 Å². The molecule has 4 N–H and O–H groups in total. The molecule has 0 spiro atoms. The molecule has 0 radical (unpaired) electrons. The van der Waals surface area contributed by atoms with Crippen LogP contribution in [-0.4, -0.2) is 63.3 Å². The van der Waals surface area contributed by atoms with Gasteiger partial charge in [0.05, 0.1) is 32.3 Å². The molecule has 2 atom stereocenters. The van der Waals surface area contributed by atoms with Crippen LogP contribution in [0.3, 0.4) is 0 Å². The molecule has 9 heteroatoms. The molecule has 0 aliphatic carbocycles. The third-order valence-electron chi connectivity index (χ3n) is 4.09. The first kappa shape index (κ1) is 24.4.